The molecule has 4 rings (SSSR count). The topological polar surface area (TPSA) is 107 Å². The molecule has 1 amide bonds. The molecule has 1 aromatic heterocycles. The molecule has 9 heteroatoms. The van der Waals surface area contributed by atoms with Crippen molar-refractivity contribution in [1.29, 1.82) is 0 Å². The van der Waals surface area contributed by atoms with E-state index in [1.54, 1.807) is 48.5 Å². The average Bonchev–Trinajstić information content (AvgIpc) is 3.27. The highest BCUT2D eigenvalue weighted by molar-refractivity contribution is 7.92. The van der Waals surface area contributed by atoms with Crippen LogP contribution in [0, 0.1) is 0 Å². The monoisotopic (exact) mass is 426 g/mol. The van der Waals surface area contributed by atoms with E-state index in [-0.39, 0.29) is 10.8 Å². The maximum atomic E-state index is 12.7. The average molecular weight is 426 g/mol. The molecule has 2 aromatic carbocycles. The van der Waals surface area contributed by atoms with Crippen molar-refractivity contribution < 1.29 is 27.1 Å². The summed E-state index contributed by atoms with van der Waals surface area (Å²) >= 11 is 0. The van der Waals surface area contributed by atoms with Crippen LogP contribution in [0.25, 0.3) is 6.08 Å². The molecule has 1 aliphatic rings. The van der Waals surface area contributed by atoms with Gasteiger partial charge in [-0.3, -0.25) is 9.52 Å². The van der Waals surface area contributed by atoms with Crippen molar-refractivity contribution in [3.63, 3.8) is 0 Å². The number of furan rings is 1. The van der Waals surface area contributed by atoms with Crippen LogP contribution in [0.4, 0.5) is 11.4 Å². The number of carbonyl (C=O) groups excluding carboxylic acids is 1. The molecule has 0 fully saturated rings. The summed E-state index contributed by atoms with van der Waals surface area (Å²) in [6.07, 6.45) is 4.41. The molecule has 0 bridgehead atoms. The van der Waals surface area contributed by atoms with Gasteiger partial charge in [0.1, 0.15) is 19.0 Å². The Morgan fingerprint density at radius 2 is 1.67 bits per heavy atom. The van der Waals surface area contributed by atoms with E-state index in [1.807, 2.05) is 0 Å². The van der Waals surface area contributed by atoms with Crippen LogP contribution in [-0.2, 0) is 14.8 Å². The highest BCUT2D eigenvalue weighted by Crippen LogP contribution is 2.32. The van der Waals surface area contributed by atoms with E-state index >= 15 is 0 Å². The second-order valence-corrected chi connectivity index (χ2v) is 8.01. The zero-order valence-corrected chi connectivity index (χ0v) is 16.5. The number of hydrogen-bond donors (Lipinski definition) is 2. The Balaban J connectivity index is 1.41. The van der Waals surface area contributed by atoms with Gasteiger partial charge in [0.15, 0.2) is 11.5 Å². The summed E-state index contributed by atoms with van der Waals surface area (Å²) in [5, 5.41) is 2.69. The zero-order chi connectivity index (χ0) is 21.0. The third kappa shape index (κ3) is 4.64. The molecule has 0 spiro atoms. The van der Waals surface area contributed by atoms with Crippen LogP contribution >= 0.6 is 0 Å². The van der Waals surface area contributed by atoms with Gasteiger partial charge in [-0.1, -0.05) is 0 Å². The minimum Gasteiger partial charge on any atom is -0.486 e. The smallest absolute Gasteiger partial charge is 0.262 e. The van der Waals surface area contributed by atoms with Crippen molar-refractivity contribution >= 4 is 33.4 Å². The predicted octanol–water partition coefficient (Wildman–Crippen LogP) is 3.50. The van der Waals surface area contributed by atoms with E-state index in [1.165, 1.54) is 24.5 Å². The van der Waals surface area contributed by atoms with Gasteiger partial charge in [-0.15, -0.1) is 0 Å². The van der Waals surface area contributed by atoms with Crippen LogP contribution in [0.15, 0.2) is 76.2 Å². The van der Waals surface area contributed by atoms with E-state index in [2.05, 4.69) is 10.0 Å². The fraction of sp³-hybridized carbons (Fsp3) is 0.0952. The van der Waals surface area contributed by atoms with Crippen molar-refractivity contribution in [3.8, 4) is 11.5 Å². The molecule has 30 heavy (non-hydrogen) atoms. The first-order chi connectivity index (χ1) is 14.5. The Labute approximate surface area is 173 Å². The van der Waals surface area contributed by atoms with Gasteiger partial charge in [0.05, 0.1) is 11.2 Å². The van der Waals surface area contributed by atoms with Gasteiger partial charge < -0.3 is 19.2 Å². The summed E-state index contributed by atoms with van der Waals surface area (Å²) in [5.41, 5.74) is 0.875. The first kappa shape index (κ1) is 19.6. The summed E-state index contributed by atoms with van der Waals surface area (Å²) in [7, 11) is -3.81. The van der Waals surface area contributed by atoms with Gasteiger partial charge in [-0.2, -0.15) is 0 Å². The highest BCUT2D eigenvalue weighted by atomic mass is 32.2. The molecule has 1 aliphatic heterocycles. The Morgan fingerprint density at radius 3 is 2.40 bits per heavy atom. The first-order valence-electron chi connectivity index (χ1n) is 9.05. The molecule has 0 radical (unpaired) electrons. The van der Waals surface area contributed by atoms with Crippen molar-refractivity contribution in [2.75, 3.05) is 23.3 Å². The van der Waals surface area contributed by atoms with Crippen molar-refractivity contribution in [3.05, 3.63) is 72.7 Å². The van der Waals surface area contributed by atoms with Gasteiger partial charge in [-0.05, 0) is 54.6 Å². The zero-order valence-electron chi connectivity index (χ0n) is 15.7. The number of carbonyl (C=O) groups is 1. The number of amides is 1. The lowest BCUT2D eigenvalue weighted by Gasteiger charge is -2.19. The van der Waals surface area contributed by atoms with Crippen LogP contribution in [0.3, 0.4) is 0 Å². The van der Waals surface area contributed by atoms with E-state index in [0.29, 0.717) is 41.8 Å². The van der Waals surface area contributed by atoms with Crippen LogP contribution in [0.1, 0.15) is 5.76 Å². The number of rotatable bonds is 6. The van der Waals surface area contributed by atoms with Crippen molar-refractivity contribution in [1.82, 2.24) is 0 Å². The molecule has 3 aromatic rings. The van der Waals surface area contributed by atoms with Gasteiger partial charge in [-0.25, -0.2) is 8.42 Å². The number of ether oxygens (including phenoxy) is 2. The van der Waals surface area contributed by atoms with Crippen molar-refractivity contribution in [2.24, 2.45) is 0 Å². The molecule has 0 atom stereocenters. The van der Waals surface area contributed by atoms with Gasteiger partial charge >= 0.3 is 0 Å². The largest absolute Gasteiger partial charge is 0.486 e. The first-order valence-corrected chi connectivity index (χ1v) is 10.5. The summed E-state index contributed by atoms with van der Waals surface area (Å²) in [6, 6.07) is 14.2. The lowest BCUT2D eigenvalue weighted by Crippen LogP contribution is -2.17. The normalized spacial score (nSPS) is 13.2. The third-order valence-electron chi connectivity index (χ3n) is 4.17. The molecular weight excluding hydrogens is 408 g/mol. The SMILES string of the molecule is O=C(/C=C/c1ccco1)Nc1ccc(NS(=O)(=O)c2ccc3c(c2)OCCO3)cc1. The molecule has 2 N–H and O–H groups in total. The van der Waals surface area contributed by atoms with Crippen LogP contribution in [0.5, 0.6) is 11.5 Å². The quantitative estimate of drug-likeness (QED) is 0.584. The molecule has 154 valence electrons. The molecule has 0 unspecified atom stereocenters. The molecule has 0 saturated heterocycles. The number of hydrogen-bond acceptors (Lipinski definition) is 6. The summed E-state index contributed by atoms with van der Waals surface area (Å²) < 4.78 is 43.8. The van der Waals surface area contributed by atoms with Gasteiger partial charge in [0, 0.05) is 23.5 Å². The number of anilines is 2. The minimum atomic E-state index is -3.81. The van der Waals surface area contributed by atoms with Crippen LogP contribution in [-0.4, -0.2) is 27.5 Å². The fourth-order valence-corrected chi connectivity index (χ4v) is 3.83. The number of fused-ring (bicyclic) bond motifs is 1. The van der Waals surface area contributed by atoms with E-state index in [4.69, 9.17) is 13.9 Å². The fourth-order valence-electron chi connectivity index (χ4n) is 2.75. The summed E-state index contributed by atoms with van der Waals surface area (Å²) in [5.74, 6) is 1.14. The maximum Gasteiger partial charge on any atom is 0.262 e. The molecular formula is C21H18N2O6S. The molecule has 2 heterocycles. The Kier molecular flexibility index (Phi) is 5.44. The Morgan fingerprint density at radius 1 is 0.933 bits per heavy atom. The van der Waals surface area contributed by atoms with Crippen LogP contribution < -0.4 is 19.5 Å². The van der Waals surface area contributed by atoms with Crippen molar-refractivity contribution in [2.45, 2.75) is 4.90 Å². The second kappa shape index (κ2) is 8.34. The van der Waals surface area contributed by atoms with Crippen LogP contribution in [0.2, 0.25) is 0 Å². The summed E-state index contributed by atoms with van der Waals surface area (Å²) in [6.45, 7) is 0.798. The lowest BCUT2D eigenvalue weighted by molar-refractivity contribution is -0.111. The van der Waals surface area contributed by atoms with E-state index in [9.17, 15) is 13.2 Å². The number of benzene rings is 2. The molecule has 0 saturated carbocycles. The van der Waals surface area contributed by atoms with Gasteiger partial charge in [0.25, 0.3) is 10.0 Å². The predicted molar refractivity (Wildman–Crippen MR) is 111 cm³/mol. The number of sulfonamides is 1. The van der Waals surface area contributed by atoms with E-state index < -0.39 is 10.0 Å². The minimum absolute atomic E-state index is 0.0622. The third-order valence-corrected chi connectivity index (χ3v) is 5.55. The number of nitrogens with one attached hydrogen (secondary N) is 2. The molecule has 0 aliphatic carbocycles. The Hall–Kier alpha value is -3.72. The lowest BCUT2D eigenvalue weighted by atomic mass is 10.3. The second-order valence-electron chi connectivity index (χ2n) is 6.33. The maximum absolute atomic E-state index is 12.7. The standard InChI is InChI=1S/C21H18N2O6S/c24-21(10-7-17-2-1-11-27-17)22-15-3-5-16(6-4-15)23-30(25,26)18-8-9-19-20(14-18)29-13-12-28-19/h1-11,14,23H,12-13H2,(H,22,24)/b10-7+. The molecule has 8 nitrogen and oxygen atoms in total. The summed E-state index contributed by atoms with van der Waals surface area (Å²) in [4.78, 5) is 12.0. The van der Waals surface area contributed by atoms with Gasteiger partial charge in [0.2, 0.25) is 5.91 Å². The highest BCUT2D eigenvalue weighted by Gasteiger charge is 2.19. The van der Waals surface area contributed by atoms with E-state index in [0.717, 1.165) is 0 Å². The Bertz CT molecular complexity index is 1170.